The quantitative estimate of drug-likeness (QED) is 0.844. The SMILES string of the molecule is CC(C)n1c(CN)nnc1SCc1cc(Cl)ccc1Cl. The molecule has 0 bridgehead atoms. The van der Waals surface area contributed by atoms with E-state index in [1.807, 2.05) is 10.6 Å². The van der Waals surface area contributed by atoms with Crippen LogP contribution < -0.4 is 5.73 Å². The first-order valence-electron chi connectivity index (χ1n) is 6.23. The monoisotopic (exact) mass is 330 g/mol. The molecule has 0 aliphatic carbocycles. The highest BCUT2D eigenvalue weighted by molar-refractivity contribution is 7.98. The molecular weight excluding hydrogens is 315 g/mol. The summed E-state index contributed by atoms with van der Waals surface area (Å²) in [7, 11) is 0. The van der Waals surface area contributed by atoms with Crippen molar-refractivity contribution in [3.63, 3.8) is 0 Å². The van der Waals surface area contributed by atoms with Crippen molar-refractivity contribution in [3.05, 3.63) is 39.6 Å². The van der Waals surface area contributed by atoms with Crippen molar-refractivity contribution in [2.24, 2.45) is 5.73 Å². The van der Waals surface area contributed by atoms with Crippen LogP contribution >= 0.6 is 35.0 Å². The van der Waals surface area contributed by atoms with E-state index in [-0.39, 0.29) is 6.04 Å². The van der Waals surface area contributed by atoms with Gasteiger partial charge in [0.25, 0.3) is 0 Å². The van der Waals surface area contributed by atoms with E-state index in [0.717, 1.165) is 16.5 Å². The molecule has 7 heteroatoms. The molecule has 2 rings (SSSR count). The first kappa shape index (κ1) is 15.6. The van der Waals surface area contributed by atoms with Crippen molar-refractivity contribution in [1.29, 1.82) is 0 Å². The number of thioether (sulfide) groups is 1. The van der Waals surface area contributed by atoms with Gasteiger partial charge < -0.3 is 10.3 Å². The molecule has 1 heterocycles. The maximum Gasteiger partial charge on any atom is 0.191 e. The fraction of sp³-hybridized carbons (Fsp3) is 0.385. The molecule has 0 atom stereocenters. The van der Waals surface area contributed by atoms with Gasteiger partial charge in [-0.3, -0.25) is 0 Å². The molecule has 0 fully saturated rings. The van der Waals surface area contributed by atoms with Crippen molar-refractivity contribution in [3.8, 4) is 0 Å². The highest BCUT2D eigenvalue weighted by Gasteiger charge is 2.14. The van der Waals surface area contributed by atoms with Crippen LogP contribution in [0.25, 0.3) is 0 Å². The summed E-state index contributed by atoms with van der Waals surface area (Å²) < 4.78 is 2.04. The molecule has 1 aromatic heterocycles. The molecule has 0 radical (unpaired) electrons. The maximum absolute atomic E-state index is 6.16. The summed E-state index contributed by atoms with van der Waals surface area (Å²) in [5.41, 5.74) is 6.66. The van der Waals surface area contributed by atoms with Crippen LogP contribution in [0.15, 0.2) is 23.4 Å². The molecule has 0 spiro atoms. The molecule has 20 heavy (non-hydrogen) atoms. The van der Waals surface area contributed by atoms with E-state index in [4.69, 9.17) is 28.9 Å². The minimum Gasteiger partial charge on any atom is -0.324 e. The van der Waals surface area contributed by atoms with Crippen LogP contribution in [0.1, 0.15) is 31.3 Å². The van der Waals surface area contributed by atoms with Gasteiger partial charge in [-0.1, -0.05) is 35.0 Å². The van der Waals surface area contributed by atoms with Gasteiger partial charge in [0.15, 0.2) is 5.16 Å². The molecule has 0 unspecified atom stereocenters. The van der Waals surface area contributed by atoms with E-state index in [0.29, 0.717) is 22.3 Å². The van der Waals surface area contributed by atoms with Gasteiger partial charge in [0.1, 0.15) is 5.82 Å². The first-order valence-corrected chi connectivity index (χ1v) is 7.97. The maximum atomic E-state index is 6.16. The second-order valence-electron chi connectivity index (χ2n) is 4.59. The fourth-order valence-corrected chi connectivity index (χ4v) is 3.40. The third kappa shape index (κ3) is 3.47. The number of halogens is 2. The number of nitrogens with zero attached hydrogens (tertiary/aromatic N) is 3. The lowest BCUT2D eigenvalue weighted by Gasteiger charge is -2.13. The average Bonchev–Trinajstić information content (AvgIpc) is 2.83. The summed E-state index contributed by atoms with van der Waals surface area (Å²) in [5.74, 6) is 1.48. The lowest BCUT2D eigenvalue weighted by molar-refractivity contribution is 0.526. The van der Waals surface area contributed by atoms with Gasteiger partial charge in [0.2, 0.25) is 0 Å². The Kier molecular flexibility index (Phi) is 5.32. The first-order chi connectivity index (χ1) is 9.52. The second-order valence-corrected chi connectivity index (χ2v) is 6.38. The zero-order valence-corrected chi connectivity index (χ0v) is 13.6. The number of nitrogens with two attached hydrogens (primary N) is 1. The van der Waals surface area contributed by atoms with Crippen LogP contribution in [0.5, 0.6) is 0 Å². The van der Waals surface area contributed by atoms with Gasteiger partial charge in [0.05, 0.1) is 6.54 Å². The minimum atomic E-state index is 0.265. The van der Waals surface area contributed by atoms with E-state index < -0.39 is 0 Å². The minimum absolute atomic E-state index is 0.265. The van der Waals surface area contributed by atoms with Crippen molar-refractivity contribution in [2.45, 2.75) is 37.3 Å². The Balaban J connectivity index is 2.19. The predicted molar refractivity (Wildman–Crippen MR) is 84.3 cm³/mol. The molecular formula is C13H16Cl2N4S. The van der Waals surface area contributed by atoms with Gasteiger partial charge in [-0.25, -0.2) is 0 Å². The Bertz CT molecular complexity index is 598. The van der Waals surface area contributed by atoms with Gasteiger partial charge in [-0.15, -0.1) is 10.2 Å². The van der Waals surface area contributed by atoms with E-state index >= 15 is 0 Å². The Morgan fingerprint density at radius 2 is 2.05 bits per heavy atom. The second kappa shape index (κ2) is 6.80. The summed E-state index contributed by atoms with van der Waals surface area (Å²) >= 11 is 13.7. The summed E-state index contributed by atoms with van der Waals surface area (Å²) in [6, 6.07) is 5.72. The van der Waals surface area contributed by atoms with Gasteiger partial charge >= 0.3 is 0 Å². The third-order valence-corrected chi connectivity index (χ3v) is 4.39. The fourth-order valence-electron chi connectivity index (χ4n) is 1.86. The van der Waals surface area contributed by atoms with E-state index in [1.54, 1.807) is 23.9 Å². The molecule has 0 amide bonds. The van der Waals surface area contributed by atoms with E-state index in [2.05, 4.69) is 24.0 Å². The van der Waals surface area contributed by atoms with Crippen LogP contribution in [0.2, 0.25) is 10.0 Å². The summed E-state index contributed by atoms with van der Waals surface area (Å²) in [6.45, 7) is 4.54. The third-order valence-electron chi connectivity index (χ3n) is 2.80. The molecule has 0 aliphatic heterocycles. The lowest BCUT2D eigenvalue weighted by Crippen LogP contribution is -2.11. The lowest BCUT2D eigenvalue weighted by atomic mass is 10.2. The summed E-state index contributed by atoms with van der Waals surface area (Å²) in [6.07, 6.45) is 0. The highest BCUT2D eigenvalue weighted by atomic mass is 35.5. The number of hydrogen-bond acceptors (Lipinski definition) is 4. The van der Waals surface area contributed by atoms with Crippen LogP contribution in [0.4, 0.5) is 0 Å². The topological polar surface area (TPSA) is 56.7 Å². The number of hydrogen-bond donors (Lipinski definition) is 1. The smallest absolute Gasteiger partial charge is 0.191 e. The van der Waals surface area contributed by atoms with Gasteiger partial charge in [0, 0.05) is 21.8 Å². The predicted octanol–water partition coefficient (Wildman–Crippen LogP) is 3.92. The van der Waals surface area contributed by atoms with Crippen molar-refractivity contribution >= 4 is 35.0 Å². The zero-order chi connectivity index (χ0) is 14.7. The summed E-state index contributed by atoms with van der Waals surface area (Å²) in [5, 5.41) is 10.5. The Hall–Kier alpha value is -0.750. The van der Waals surface area contributed by atoms with Crippen molar-refractivity contribution < 1.29 is 0 Å². The van der Waals surface area contributed by atoms with Crippen LogP contribution in [-0.4, -0.2) is 14.8 Å². The van der Waals surface area contributed by atoms with Crippen molar-refractivity contribution in [2.75, 3.05) is 0 Å². The normalized spacial score (nSPS) is 11.3. The zero-order valence-electron chi connectivity index (χ0n) is 11.3. The Labute approximate surface area is 132 Å². The van der Waals surface area contributed by atoms with E-state index in [1.165, 1.54) is 0 Å². The number of benzene rings is 1. The molecule has 108 valence electrons. The molecule has 0 saturated carbocycles. The Morgan fingerprint density at radius 3 is 2.70 bits per heavy atom. The largest absolute Gasteiger partial charge is 0.324 e. The molecule has 0 aliphatic rings. The molecule has 0 saturated heterocycles. The van der Waals surface area contributed by atoms with Crippen molar-refractivity contribution in [1.82, 2.24) is 14.8 Å². The van der Waals surface area contributed by atoms with Crippen LogP contribution in [-0.2, 0) is 12.3 Å². The van der Waals surface area contributed by atoms with E-state index in [9.17, 15) is 0 Å². The molecule has 2 aromatic rings. The summed E-state index contributed by atoms with van der Waals surface area (Å²) in [4.78, 5) is 0. The van der Waals surface area contributed by atoms with Crippen LogP contribution in [0, 0.1) is 0 Å². The molecule has 2 N–H and O–H groups in total. The highest BCUT2D eigenvalue weighted by Crippen LogP contribution is 2.29. The molecule has 4 nitrogen and oxygen atoms in total. The average molecular weight is 331 g/mol. The Morgan fingerprint density at radius 1 is 1.30 bits per heavy atom. The standard InChI is InChI=1S/C13H16Cl2N4S/c1-8(2)19-12(6-16)17-18-13(19)20-7-9-5-10(14)3-4-11(9)15/h3-5,8H,6-7,16H2,1-2H3. The van der Waals surface area contributed by atoms with Crippen LogP contribution in [0.3, 0.4) is 0 Å². The van der Waals surface area contributed by atoms with Gasteiger partial charge in [-0.2, -0.15) is 0 Å². The van der Waals surface area contributed by atoms with Gasteiger partial charge in [-0.05, 0) is 37.6 Å². The number of rotatable bonds is 5. The number of aromatic nitrogens is 3. The molecule has 1 aromatic carbocycles.